The van der Waals surface area contributed by atoms with Crippen LogP contribution in [-0.4, -0.2) is 15.0 Å². The second-order valence-corrected chi connectivity index (χ2v) is 8.61. The van der Waals surface area contributed by atoms with Gasteiger partial charge in [0.2, 0.25) is 0 Å². The molecule has 116 valence electrons. The number of anilines is 1. The van der Waals surface area contributed by atoms with Gasteiger partial charge in [-0.25, -0.2) is 8.42 Å². The molecule has 3 rings (SSSR count). The van der Waals surface area contributed by atoms with Crippen LogP contribution in [0.2, 0.25) is 0 Å². The summed E-state index contributed by atoms with van der Waals surface area (Å²) in [7, 11) is -3.54. The first-order valence-corrected chi connectivity index (χ1v) is 9.44. The molecule has 0 bridgehead atoms. The number of aryl methyl sites for hydroxylation is 2. The molecule has 3 nitrogen and oxygen atoms in total. The summed E-state index contributed by atoms with van der Waals surface area (Å²) in [5.74, 6) is 0.209. The number of halogens is 1. The van der Waals surface area contributed by atoms with E-state index >= 15 is 0 Å². The van der Waals surface area contributed by atoms with Gasteiger partial charge in [-0.2, -0.15) is 0 Å². The molecule has 0 aliphatic carbocycles. The van der Waals surface area contributed by atoms with Crippen molar-refractivity contribution in [2.75, 3.05) is 10.8 Å². The van der Waals surface area contributed by atoms with E-state index in [9.17, 15) is 8.42 Å². The van der Waals surface area contributed by atoms with Crippen molar-refractivity contribution >= 4 is 31.6 Å². The minimum Gasteiger partial charge on any atom is -0.265 e. The third-order valence-electron chi connectivity index (χ3n) is 4.19. The smallest absolute Gasteiger partial charge is 0.264 e. The fourth-order valence-corrected chi connectivity index (χ4v) is 5.43. The van der Waals surface area contributed by atoms with Gasteiger partial charge in [0, 0.05) is 16.9 Å². The van der Waals surface area contributed by atoms with Crippen molar-refractivity contribution in [1.82, 2.24) is 0 Å². The van der Waals surface area contributed by atoms with Crippen LogP contribution in [0.15, 0.2) is 45.8 Å². The molecule has 0 amide bonds. The van der Waals surface area contributed by atoms with Crippen molar-refractivity contribution in [2.45, 2.75) is 31.6 Å². The third-order valence-corrected chi connectivity index (χ3v) is 6.61. The van der Waals surface area contributed by atoms with E-state index in [2.05, 4.69) is 22.9 Å². The Labute approximate surface area is 140 Å². The molecule has 0 N–H and O–H groups in total. The van der Waals surface area contributed by atoms with Crippen molar-refractivity contribution in [2.24, 2.45) is 0 Å². The fourth-order valence-electron chi connectivity index (χ4n) is 3.10. The molecule has 2 aromatic carbocycles. The first kappa shape index (κ1) is 15.6. The second-order valence-electron chi connectivity index (χ2n) is 5.86. The summed E-state index contributed by atoms with van der Waals surface area (Å²) in [5.41, 5.74) is 3.71. The average Bonchev–Trinajstić information content (AvgIpc) is 2.78. The lowest BCUT2D eigenvalue weighted by atomic mass is 10.0. The number of rotatable bonds is 2. The summed E-state index contributed by atoms with van der Waals surface area (Å²) in [6, 6.07) is 11.3. The second kappa shape index (κ2) is 5.39. The Kier molecular flexibility index (Phi) is 3.81. The average molecular weight is 380 g/mol. The highest BCUT2D eigenvalue weighted by Gasteiger charge is 2.36. The Morgan fingerprint density at radius 1 is 1.14 bits per heavy atom. The van der Waals surface area contributed by atoms with Crippen LogP contribution in [0.3, 0.4) is 0 Å². The topological polar surface area (TPSA) is 37.4 Å². The molecule has 1 aliphatic heterocycles. The molecule has 1 aliphatic rings. The molecule has 0 aromatic heterocycles. The van der Waals surface area contributed by atoms with Gasteiger partial charge in [0.25, 0.3) is 10.0 Å². The van der Waals surface area contributed by atoms with Crippen LogP contribution in [0, 0.1) is 13.8 Å². The van der Waals surface area contributed by atoms with E-state index in [1.807, 2.05) is 38.1 Å². The summed E-state index contributed by atoms with van der Waals surface area (Å²) < 4.78 is 28.7. The minimum absolute atomic E-state index is 0.209. The number of nitrogens with zero attached hydrogens (tertiary/aromatic N) is 1. The number of hydrogen-bond donors (Lipinski definition) is 0. The molecule has 1 heterocycles. The summed E-state index contributed by atoms with van der Waals surface area (Å²) in [4.78, 5) is 0.374. The van der Waals surface area contributed by atoms with E-state index in [0.29, 0.717) is 11.4 Å². The first-order chi connectivity index (χ1) is 10.3. The molecule has 1 unspecified atom stereocenters. The molecule has 0 saturated carbocycles. The van der Waals surface area contributed by atoms with E-state index in [1.54, 1.807) is 16.4 Å². The maximum absolute atomic E-state index is 13.1. The predicted molar refractivity (Wildman–Crippen MR) is 93.0 cm³/mol. The Morgan fingerprint density at radius 2 is 1.86 bits per heavy atom. The predicted octanol–water partition coefficient (Wildman–Crippen LogP) is 4.38. The normalized spacial score (nSPS) is 17.6. The lowest BCUT2D eigenvalue weighted by Crippen LogP contribution is -2.30. The lowest BCUT2D eigenvalue weighted by Gasteiger charge is -2.22. The summed E-state index contributed by atoms with van der Waals surface area (Å²) in [5, 5.41) is 0. The number of sulfonamides is 1. The highest BCUT2D eigenvalue weighted by molar-refractivity contribution is 9.10. The molecule has 0 saturated heterocycles. The van der Waals surface area contributed by atoms with Gasteiger partial charge >= 0.3 is 0 Å². The van der Waals surface area contributed by atoms with Gasteiger partial charge in [-0.1, -0.05) is 41.1 Å². The number of benzene rings is 2. The highest BCUT2D eigenvalue weighted by atomic mass is 79.9. The van der Waals surface area contributed by atoms with Crippen LogP contribution < -0.4 is 4.31 Å². The van der Waals surface area contributed by atoms with E-state index in [1.165, 1.54) is 0 Å². The zero-order chi connectivity index (χ0) is 16.1. The Bertz CT molecular complexity index is 846. The molecule has 22 heavy (non-hydrogen) atoms. The van der Waals surface area contributed by atoms with Crippen molar-refractivity contribution in [3.05, 3.63) is 57.6 Å². The number of hydrogen-bond acceptors (Lipinski definition) is 2. The quantitative estimate of drug-likeness (QED) is 0.776. The van der Waals surface area contributed by atoms with Crippen molar-refractivity contribution in [1.29, 1.82) is 0 Å². The monoisotopic (exact) mass is 379 g/mol. The summed E-state index contributed by atoms with van der Waals surface area (Å²) >= 11 is 3.39. The molecule has 0 fully saturated rings. The van der Waals surface area contributed by atoms with E-state index in [-0.39, 0.29) is 5.92 Å². The van der Waals surface area contributed by atoms with Gasteiger partial charge in [0.1, 0.15) is 0 Å². The van der Waals surface area contributed by atoms with Gasteiger partial charge in [0.05, 0.1) is 10.6 Å². The van der Waals surface area contributed by atoms with E-state index < -0.39 is 10.0 Å². The molecule has 1 atom stereocenters. The third kappa shape index (κ3) is 2.36. The zero-order valence-corrected chi connectivity index (χ0v) is 15.2. The van der Waals surface area contributed by atoms with E-state index in [4.69, 9.17) is 0 Å². The zero-order valence-electron chi connectivity index (χ0n) is 12.8. The van der Waals surface area contributed by atoms with Crippen molar-refractivity contribution < 1.29 is 8.42 Å². The van der Waals surface area contributed by atoms with Crippen LogP contribution in [0.5, 0.6) is 0 Å². The SMILES string of the molecule is Cc1cc(Br)ccc1S(=O)(=O)N1CC(C)c2cccc(C)c21. The molecular formula is C17H18BrNO2S. The maximum atomic E-state index is 13.1. The molecule has 0 radical (unpaired) electrons. The van der Waals surface area contributed by atoms with Gasteiger partial charge in [-0.05, 0) is 48.7 Å². The van der Waals surface area contributed by atoms with Crippen LogP contribution in [0.4, 0.5) is 5.69 Å². The largest absolute Gasteiger partial charge is 0.265 e. The summed E-state index contributed by atoms with van der Waals surface area (Å²) in [6.45, 7) is 6.37. The first-order valence-electron chi connectivity index (χ1n) is 7.21. The number of fused-ring (bicyclic) bond motifs is 1. The minimum atomic E-state index is -3.54. The van der Waals surface area contributed by atoms with Gasteiger partial charge in [0.15, 0.2) is 0 Å². The van der Waals surface area contributed by atoms with Crippen LogP contribution in [0.25, 0.3) is 0 Å². The standard InChI is InChI=1S/C17H18BrNO2S/c1-11-5-4-6-15-13(3)10-19(17(11)15)22(20,21)16-8-7-14(18)9-12(16)2/h4-9,13H,10H2,1-3H3. The Morgan fingerprint density at radius 3 is 2.55 bits per heavy atom. The van der Waals surface area contributed by atoms with Gasteiger partial charge < -0.3 is 0 Å². The van der Waals surface area contributed by atoms with Crippen molar-refractivity contribution in [3.63, 3.8) is 0 Å². The molecule has 2 aromatic rings. The van der Waals surface area contributed by atoms with Gasteiger partial charge in [-0.15, -0.1) is 0 Å². The van der Waals surface area contributed by atoms with Crippen LogP contribution >= 0.6 is 15.9 Å². The molecular weight excluding hydrogens is 362 g/mol. The maximum Gasteiger partial charge on any atom is 0.264 e. The Hall–Kier alpha value is -1.33. The van der Waals surface area contributed by atoms with Crippen LogP contribution in [-0.2, 0) is 10.0 Å². The fraction of sp³-hybridized carbons (Fsp3) is 0.294. The molecule has 0 spiro atoms. The highest BCUT2D eigenvalue weighted by Crippen LogP contribution is 2.41. The number of para-hydroxylation sites is 1. The lowest BCUT2D eigenvalue weighted by molar-refractivity contribution is 0.589. The summed E-state index contributed by atoms with van der Waals surface area (Å²) in [6.07, 6.45) is 0. The van der Waals surface area contributed by atoms with Gasteiger partial charge in [-0.3, -0.25) is 4.31 Å². The van der Waals surface area contributed by atoms with Crippen molar-refractivity contribution in [3.8, 4) is 0 Å². The molecule has 5 heteroatoms. The van der Waals surface area contributed by atoms with Crippen LogP contribution in [0.1, 0.15) is 29.5 Å². The van der Waals surface area contributed by atoms with E-state index in [0.717, 1.165) is 26.9 Å². The Balaban J connectivity index is 2.17.